The minimum absolute atomic E-state index is 0.205. The Morgan fingerprint density at radius 3 is 2.72 bits per heavy atom. The molecule has 0 spiro atoms. The van der Waals surface area contributed by atoms with Crippen molar-refractivity contribution in [2.75, 3.05) is 25.5 Å². The van der Waals surface area contributed by atoms with Crippen molar-refractivity contribution in [1.82, 2.24) is 15.2 Å². The number of ether oxygens (including phenoxy) is 1. The average Bonchev–Trinajstić information content (AvgIpc) is 2.75. The fourth-order valence-corrected chi connectivity index (χ4v) is 3.44. The summed E-state index contributed by atoms with van der Waals surface area (Å²) in [4.78, 5) is 18.7. The average molecular weight is 465 g/mol. The lowest BCUT2D eigenvalue weighted by Crippen LogP contribution is -2.40. The van der Waals surface area contributed by atoms with Gasteiger partial charge in [0.15, 0.2) is 0 Å². The molecule has 2 aromatic rings. The highest BCUT2D eigenvalue weighted by Gasteiger charge is 2.28. The number of pyridine rings is 1. The molecule has 1 amide bonds. The monoisotopic (exact) mass is 464 g/mol. The van der Waals surface area contributed by atoms with E-state index in [1.165, 1.54) is 12.4 Å². The number of nitrogens with zero attached hydrogens (tertiary/aromatic N) is 2. The van der Waals surface area contributed by atoms with Crippen molar-refractivity contribution in [2.45, 2.75) is 25.6 Å². The van der Waals surface area contributed by atoms with Gasteiger partial charge in [0.05, 0.1) is 24.8 Å². The third-order valence-electron chi connectivity index (χ3n) is 4.82. The highest BCUT2D eigenvalue weighted by molar-refractivity contribution is 7.81. The first-order chi connectivity index (χ1) is 15.2. The Morgan fingerprint density at radius 2 is 2.00 bits per heavy atom. The fourth-order valence-electron chi connectivity index (χ4n) is 3.12. The van der Waals surface area contributed by atoms with Gasteiger partial charge < -0.3 is 20.3 Å². The second kappa shape index (κ2) is 10.4. The van der Waals surface area contributed by atoms with Crippen LogP contribution in [0.25, 0.3) is 0 Å². The number of hydrogen-bond donors (Lipinski definition) is 2. The molecule has 0 radical (unpaired) electrons. The van der Waals surface area contributed by atoms with Crippen LogP contribution in [0.1, 0.15) is 18.4 Å². The number of likely N-dealkylation sites (N-methyl/N-ethyl adjacent to an activating group) is 1. The number of carbonyl (C=O) groups excluding carboxylic acids is 1. The molecule has 1 aromatic heterocycles. The van der Waals surface area contributed by atoms with Crippen LogP contribution >= 0.6 is 12.2 Å². The predicted octanol–water partition coefficient (Wildman–Crippen LogP) is 4.06. The van der Waals surface area contributed by atoms with Crippen LogP contribution in [0, 0.1) is 0 Å². The van der Waals surface area contributed by atoms with Crippen LogP contribution in [-0.2, 0) is 11.3 Å². The van der Waals surface area contributed by atoms with Gasteiger partial charge in [0, 0.05) is 49.7 Å². The molecule has 0 saturated carbocycles. The number of thiocarbonyl (C=S) groups is 1. The highest BCUT2D eigenvalue weighted by Crippen LogP contribution is 2.24. The quantitative estimate of drug-likeness (QED) is 0.575. The summed E-state index contributed by atoms with van der Waals surface area (Å²) < 4.78 is 42.6. The summed E-state index contributed by atoms with van der Waals surface area (Å²) in [5, 5.41) is 6.32. The number of hydrogen-bond acceptors (Lipinski definition) is 5. The molecule has 6 nitrogen and oxygen atoms in total. The number of rotatable bonds is 8. The van der Waals surface area contributed by atoms with Gasteiger partial charge in [-0.1, -0.05) is 30.4 Å². The summed E-state index contributed by atoms with van der Waals surface area (Å²) in [6.45, 7) is 0.266. The van der Waals surface area contributed by atoms with Gasteiger partial charge in [-0.3, -0.25) is 9.78 Å². The van der Waals surface area contributed by atoms with E-state index in [0.717, 1.165) is 5.69 Å². The van der Waals surface area contributed by atoms with E-state index in [0.29, 0.717) is 34.8 Å². The summed E-state index contributed by atoms with van der Waals surface area (Å²) in [6, 6.07) is 10.9. The van der Waals surface area contributed by atoms with Gasteiger partial charge in [0.1, 0.15) is 10.7 Å². The number of aromatic nitrogens is 1. The smallest absolute Gasteiger partial charge is 0.392 e. The molecule has 170 valence electrons. The first-order valence-corrected chi connectivity index (χ1v) is 10.4. The fraction of sp³-hybridized carbons (Fsp3) is 0.318. The van der Waals surface area contributed by atoms with Crippen LogP contribution in [0.15, 0.2) is 60.1 Å². The maximum Gasteiger partial charge on any atom is 0.392 e. The minimum Gasteiger partial charge on any atom is -0.491 e. The molecule has 0 atom stereocenters. The number of halogens is 3. The molecule has 10 heteroatoms. The summed E-state index contributed by atoms with van der Waals surface area (Å²) >= 11 is 5.51. The number of amides is 1. The maximum atomic E-state index is 12.8. The van der Waals surface area contributed by atoms with Crippen LogP contribution in [0.5, 0.6) is 5.75 Å². The molecule has 3 rings (SSSR count). The van der Waals surface area contributed by atoms with Gasteiger partial charge >= 0.3 is 6.18 Å². The second-order valence-electron chi connectivity index (χ2n) is 7.20. The second-order valence-corrected chi connectivity index (χ2v) is 7.61. The van der Waals surface area contributed by atoms with Crippen molar-refractivity contribution in [1.29, 1.82) is 0 Å². The largest absolute Gasteiger partial charge is 0.491 e. The Labute approximate surface area is 189 Å². The molecule has 1 aromatic carbocycles. The summed E-state index contributed by atoms with van der Waals surface area (Å²) in [6.07, 6.45) is -1.88. The highest BCUT2D eigenvalue weighted by atomic mass is 32.1. The number of benzene rings is 1. The lowest BCUT2D eigenvalue weighted by atomic mass is 10.0. The zero-order chi connectivity index (χ0) is 23.1. The van der Waals surface area contributed by atoms with E-state index < -0.39 is 19.2 Å². The Hall–Kier alpha value is -3.14. The molecule has 0 unspecified atom stereocenters. The standard InChI is InChI=1S/C22H23F3N4O2S/c1-29-11-8-17(19(21(29)30)20(32)28-16-5-3-2-4-6-16)27-13-15-7-10-26-14-18(15)31-12-9-22(23,24)25/h2-7,10,14,27H,8-9,11-13H2,1H3,(H,28,32). The summed E-state index contributed by atoms with van der Waals surface area (Å²) in [7, 11) is 1.71. The van der Waals surface area contributed by atoms with Crippen molar-refractivity contribution in [3.05, 3.63) is 65.6 Å². The van der Waals surface area contributed by atoms with Crippen molar-refractivity contribution < 1.29 is 22.7 Å². The lowest BCUT2D eigenvalue weighted by Gasteiger charge is -2.29. The topological polar surface area (TPSA) is 66.5 Å². The Kier molecular flexibility index (Phi) is 7.68. The number of carbonyl (C=O) groups is 1. The van der Waals surface area contributed by atoms with E-state index in [-0.39, 0.29) is 18.2 Å². The van der Waals surface area contributed by atoms with E-state index in [2.05, 4.69) is 15.6 Å². The molecule has 1 aliphatic rings. The molecule has 0 bridgehead atoms. The van der Waals surface area contributed by atoms with Crippen LogP contribution < -0.4 is 15.4 Å². The van der Waals surface area contributed by atoms with Crippen LogP contribution in [0.3, 0.4) is 0 Å². The lowest BCUT2D eigenvalue weighted by molar-refractivity contribution is -0.139. The van der Waals surface area contributed by atoms with Crippen LogP contribution in [0.4, 0.5) is 18.9 Å². The Bertz CT molecular complexity index is 996. The van der Waals surface area contributed by atoms with Gasteiger partial charge in [-0.05, 0) is 18.2 Å². The molecule has 1 aliphatic heterocycles. The van der Waals surface area contributed by atoms with Gasteiger partial charge in [-0.15, -0.1) is 0 Å². The number of anilines is 1. The van der Waals surface area contributed by atoms with Crippen LogP contribution in [-0.4, -0.2) is 47.2 Å². The first-order valence-electron chi connectivity index (χ1n) is 9.96. The van der Waals surface area contributed by atoms with E-state index in [4.69, 9.17) is 17.0 Å². The van der Waals surface area contributed by atoms with Crippen molar-refractivity contribution in [3.8, 4) is 5.75 Å². The zero-order valence-corrected chi connectivity index (χ0v) is 18.2. The molecular formula is C22H23F3N4O2S. The van der Waals surface area contributed by atoms with Gasteiger partial charge in [0.2, 0.25) is 0 Å². The minimum atomic E-state index is -4.30. The number of nitrogens with one attached hydrogen (secondary N) is 2. The van der Waals surface area contributed by atoms with Crippen LogP contribution in [0.2, 0.25) is 0 Å². The van der Waals surface area contributed by atoms with E-state index in [9.17, 15) is 18.0 Å². The van der Waals surface area contributed by atoms with Crippen molar-refractivity contribution in [2.24, 2.45) is 0 Å². The van der Waals surface area contributed by atoms with Crippen molar-refractivity contribution in [3.63, 3.8) is 0 Å². The van der Waals surface area contributed by atoms with Gasteiger partial charge in [0.25, 0.3) is 5.91 Å². The van der Waals surface area contributed by atoms with E-state index >= 15 is 0 Å². The summed E-state index contributed by atoms with van der Waals surface area (Å²) in [5.41, 5.74) is 2.42. The number of alkyl halides is 3. The molecule has 2 N–H and O–H groups in total. The third kappa shape index (κ3) is 6.43. The number of para-hydroxylation sites is 1. The molecule has 0 fully saturated rings. The molecule has 0 saturated heterocycles. The predicted molar refractivity (Wildman–Crippen MR) is 119 cm³/mol. The van der Waals surface area contributed by atoms with Gasteiger partial charge in [-0.2, -0.15) is 13.2 Å². The Balaban J connectivity index is 1.75. The third-order valence-corrected chi connectivity index (χ3v) is 5.13. The first kappa shape index (κ1) is 23.5. The normalized spacial score (nSPS) is 14.4. The zero-order valence-electron chi connectivity index (χ0n) is 17.4. The maximum absolute atomic E-state index is 12.8. The van der Waals surface area contributed by atoms with Gasteiger partial charge in [-0.25, -0.2) is 0 Å². The summed E-state index contributed by atoms with van der Waals surface area (Å²) in [5.74, 6) is 0.0548. The molecular weight excluding hydrogens is 441 g/mol. The Morgan fingerprint density at radius 1 is 1.25 bits per heavy atom. The molecule has 0 aliphatic carbocycles. The van der Waals surface area contributed by atoms with Crippen molar-refractivity contribution >= 4 is 28.8 Å². The van der Waals surface area contributed by atoms with E-state index in [1.54, 1.807) is 18.0 Å². The SMILES string of the molecule is CN1CCC(NCc2ccncc2OCCC(F)(F)F)=C(C(=S)Nc2ccccc2)C1=O. The van der Waals surface area contributed by atoms with E-state index in [1.807, 2.05) is 30.3 Å². The molecule has 2 heterocycles. The molecule has 32 heavy (non-hydrogen) atoms.